The Morgan fingerprint density at radius 2 is 2.10 bits per heavy atom. The number of anilines is 1. The number of carbonyl (C=O) groups is 2. The van der Waals surface area contributed by atoms with Crippen LogP contribution in [0.15, 0.2) is 18.2 Å². The molecule has 0 radical (unpaired) electrons. The maximum Gasteiger partial charge on any atom is 0.326 e. The largest absolute Gasteiger partial charge is 0.480 e. The summed E-state index contributed by atoms with van der Waals surface area (Å²) in [6.07, 6.45) is 2.97. The van der Waals surface area contributed by atoms with E-state index in [1.54, 1.807) is 0 Å². The first kappa shape index (κ1) is 16.0. The van der Waals surface area contributed by atoms with Crippen LogP contribution in [-0.2, 0) is 4.79 Å². The molecule has 0 spiro atoms. The van der Waals surface area contributed by atoms with E-state index in [2.05, 4.69) is 5.32 Å². The molecule has 1 atom stereocenters. The molecule has 2 amide bonds. The number of carbonyl (C=O) groups excluding carboxylic acids is 1. The average Bonchev–Trinajstić information content (AvgIpc) is 2.67. The van der Waals surface area contributed by atoms with Crippen molar-refractivity contribution in [2.75, 3.05) is 11.9 Å². The molecule has 1 unspecified atom stereocenters. The van der Waals surface area contributed by atoms with E-state index >= 15 is 0 Å². The van der Waals surface area contributed by atoms with E-state index in [1.807, 2.05) is 22.6 Å². The van der Waals surface area contributed by atoms with Gasteiger partial charge in [-0.05, 0) is 53.6 Å². The van der Waals surface area contributed by atoms with Crippen molar-refractivity contribution >= 4 is 40.3 Å². The Morgan fingerprint density at radius 1 is 1.33 bits per heavy atom. The molecule has 0 aromatic heterocycles. The smallest absolute Gasteiger partial charge is 0.326 e. The third kappa shape index (κ3) is 4.05. The van der Waals surface area contributed by atoms with E-state index in [4.69, 9.17) is 0 Å². The lowest BCUT2D eigenvalue weighted by Gasteiger charge is -2.27. The minimum atomic E-state index is -0.985. The maximum absolute atomic E-state index is 13.1. The topological polar surface area (TPSA) is 69.6 Å². The molecular weight excluding hydrogens is 390 g/mol. The summed E-state index contributed by atoms with van der Waals surface area (Å²) in [7, 11) is 0. The molecule has 1 aromatic rings. The second kappa shape index (κ2) is 7.06. The third-order valence-electron chi connectivity index (χ3n) is 3.47. The van der Waals surface area contributed by atoms with E-state index in [0.29, 0.717) is 22.2 Å². The van der Waals surface area contributed by atoms with Crippen molar-refractivity contribution in [2.24, 2.45) is 0 Å². The Morgan fingerprint density at radius 3 is 2.76 bits per heavy atom. The van der Waals surface area contributed by atoms with Crippen molar-refractivity contribution in [3.63, 3.8) is 0 Å². The fourth-order valence-corrected chi connectivity index (χ4v) is 3.00. The number of amides is 2. The van der Waals surface area contributed by atoms with Gasteiger partial charge in [0.15, 0.2) is 0 Å². The van der Waals surface area contributed by atoms with Crippen molar-refractivity contribution in [1.29, 1.82) is 0 Å². The number of benzene rings is 1. The Balaban J connectivity index is 2.14. The average molecular weight is 406 g/mol. The van der Waals surface area contributed by atoms with Gasteiger partial charge in [-0.3, -0.25) is 0 Å². The summed E-state index contributed by atoms with van der Waals surface area (Å²) in [6.45, 7) is 0.417. The Bertz CT molecular complexity index is 553. The van der Waals surface area contributed by atoms with Crippen LogP contribution in [-0.4, -0.2) is 34.6 Å². The number of hydrogen-bond donors (Lipinski definition) is 2. The molecule has 2 rings (SSSR count). The monoisotopic (exact) mass is 406 g/mol. The van der Waals surface area contributed by atoms with E-state index < -0.39 is 18.0 Å². The Hall–Kier alpha value is -1.38. The standard InChI is InChI=1S/C14H16FIN2O3/c15-9-5-6-11(10(16)8-9)17-14(21)18-7-3-1-2-4-12(18)13(19)20/h5-6,8,12H,1-4,7H2,(H,17,21)(H,19,20). The van der Waals surface area contributed by atoms with Gasteiger partial charge < -0.3 is 15.3 Å². The first-order chi connectivity index (χ1) is 9.99. The van der Waals surface area contributed by atoms with Gasteiger partial charge in [-0.1, -0.05) is 12.8 Å². The molecule has 114 valence electrons. The van der Waals surface area contributed by atoms with E-state index in [1.165, 1.54) is 23.1 Å². The molecule has 0 aliphatic carbocycles. The third-order valence-corrected chi connectivity index (χ3v) is 4.36. The van der Waals surface area contributed by atoms with Crippen LogP contribution in [0.4, 0.5) is 14.9 Å². The zero-order valence-electron chi connectivity index (χ0n) is 11.3. The van der Waals surface area contributed by atoms with Crippen LogP contribution in [0.2, 0.25) is 0 Å². The molecule has 21 heavy (non-hydrogen) atoms. The summed E-state index contributed by atoms with van der Waals surface area (Å²) >= 11 is 1.93. The number of nitrogens with zero attached hydrogens (tertiary/aromatic N) is 1. The summed E-state index contributed by atoms with van der Waals surface area (Å²) in [5.74, 6) is -1.36. The SMILES string of the molecule is O=C(O)C1CCCCCN1C(=O)Nc1ccc(F)cc1I. The van der Waals surface area contributed by atoms with Crippen molar-refractivity contribution < 1.29 is 19.1 Å². The number of carboxylic acids is 1. The van der Waals surface area contributed by atoms with E-state index in [-0.39, 0.29) is 5.82 Å². The van der Waals surface area contributed by atoms with E-state index in [9.17, 15) is 19.1 Å². The maximum atomic E-state index is 13.1. The quantitative estimate of drug-likeness (QED) is 0.741. The number of nitrogens with one attached hydrogen (secondary N) is 1. The van der Waals surface area contributed by atoms with Gasteiger partial charge in [0.25, 0.3) is 0 Å². The van der Waals surface area contributed by atoms with Gasteiger partial charge in [0.1, 0.15) is 11.9 Å². The summed E-state index contributed by atoms with van der Waals surface area (Å²) < 4.78 is 13.6. The van der Waals surface area contributed by atoms with Crippen LogP contribution in [0.25, 0.3) is 0 Å². The van der Waals surface area contributed by atoms with Gasteiger partial charge in [-0.2, -0.15) is 0 Å². The summed E-state index contributed by atoms with van der Waals surface area (Å²) in [5, 5.41) is 11.9. The van der Waals surface area contributed by atoms with Crippen molar-refractivity contribution in [2.45, 2.75) is 31.7 Å². The lowest BCUT2D eigenvalue weighted by Crippen LogP contribution is -2.46. The number of carboxylic acid groups (broad SMARTS) is 1. The fourth-order valence-electron chi connectivity index (χ4n) is 2.39. The van der Waals surface area contributed by atoms with Crippen LogP contribution in [0, 0.1) is 9.39 Å². The molecule has 0 bridgehead atoms. The molecule has 1 fully saturated rings. The second-order valence-electron chi connectivity index (χ2n) is 4.95. The first-order valence-electron chi connectivity index (χ1n) is 6.74. The highest BCUT2D eigenvalue weighted by Gasteiger charge is 2.30. The molecule has 1 aromatic carbocycles. The fraction of sp³-hybridized carbons (Fsp3) is 0.429. The van der Waals surface area contributed by atoms with Gasteiger partial charge in [-0.25, -0.2) is 14.0 Å². The summed E-state index contributed by atoms with van der Waals surface area (Å²) in [5.41, 5.74) is 0.482. The number of likely N-dealkylation sites (tertiary alicyclic amines) is 1. The molecule has 5 nitrogen and oxygen atoms in total. The number of halogens is 2. The van der Waals surface area contributed by atoms with Gasteiger partial charge in [0, 0.05) is 10.1 Å². The number of urea groups is 1. The highest BCUT2D eigenvalue weighted by atomic mass is 127. The number of aliphatic carboxylic acids is 1. The number of rotatable bonds is 2. The molecule has 7 heteroatoms. The molecule has 0 saturated carbocycles. The van der Waals surface area contributed by atoms with Gasteiger partial charge in [0.2, 0.25) is 0 Å². The summed E-state index contributed by atoms with van der Waals surface area (Å²) in [6, 6.07) is 2.80. The highest BCUT2D eigenvalue weighted by molar-refractivity contribution is 14.1. The van der Waals surface area contributed by atoms with Crippen LogP contribution in [0.3, 0.4) is 0 Å². The van der Waals surface area contributed by atoms with Crippen LogP contribution in [0.5, 0.6) is 0 Å². The van der Waals surface area contributed by atoms with Gasteiger partial charge in [0.05, 0.1) is 5.69 Å². The molecular formula is C14H16FIN2O3. The van der Waals surface area contributed by atoms with Gasteiger partial charge >= 0.3 is 12.0 Å². The molecule has 2 N–H and O–H groups in total. The summed E-state index contributed by atoms with van der Waals surface area (Å²) in [4.78, 5) is 25.0. The van der Waals surface area contributed by atoms with Crippen LogP contribution in [0.1, 0.15) is 25.7 Å². The minimum Gasteiger partial charge on any atom is -0.480 e. The Labute approximate surface area is 135 Å². The van der Waals surface area contributed by atoms with Gasteiger partial charge in [-0.15, -0.1) is 0 Å². The zero-order chi connectivity index (χ0) is 15.4. The molecule has 1 heterocycles. The predicted octanol–water partition coefficient (Wildman–Crippen LogP) is 3.29. The number of hydrogen-bond acceptors (Lipinski definition) is 2. The van der Waals surface area contributed by atoms with Crippen molar-refractivity contribution in [1.82, 2.24) is 4.90 Å². The van der Waals surface area contributed by atoms with Crippen LogP contribution < -0.4 is 5.32 Å². The van der Waals surface area contributed by atoms with Crippen LogP contribution >= 0.6 is 22.6 Å². The first-order valence-corrected chi connectivity index (χ1v) is 7.82. The van der Waals surface area contributed by atoms with E-state index in [0.717, 1.165) is 19.3 Å². The zero-order valence-corrected chi connectivity index (χ0v) is 13.5. The normalized spacial score (nSPS) is 19.0. The lowest BCUT2D eigenvalue weighted by molar-refractivity contribution is -0.142. The highest BCUT2D eigenvalue weighted by Crippen LogP contribution is 2.22. The lowest BCUT2D eigenvalue weighted by atomic mass is 10.1. The minimum absolute atomic E-state index is 0.379. The molecule has 1 aliphatic rings. The Kier molecular flexibility index (Phi) is 5.38. The second-order valence-corrected chi connectivity index (χ2v) is 6.11. The van der Waals surface area contributed by atoms with Crippen molar-refractivity contribution in [3.05, 3.63) is 27.6 Å². The molecule has 1 saturated heterocycles. The predicted molar refractivity (Wildman–Crippen MR) is 84.7 cm³/mol. The van der Waals surface area contributed by atoms with Crippen molar-refractivity contribution in [3.8, 4) is 0 Å². The molecule has 1 aliphatic heterocycles.